The first-order chi connectivity index (χ1) is 5.20. The Bertz CT molecular complexity index is 112. The third-order valence-electron chi connectivity index (χ3n) is 1.76. The Balaban J connectivity index is 3.29. The van der Waals surface area contributed by atoms with E-state index in [-0.39, 0.29) is 6.61 Å². The van der Waals surface area contributed by atoms with Gasteiger partial charge in [0.25, 0.3) is 0 Å². The maximum Gasteiger partial charge on any atom is 0.0445 e. The van der Waals surface area contributed by atoms with Gasteiger partial charge in [0.2, 0.25) is 0 Å². The minimum atomic E-state index is 0.257. The van der Waals surface area contributed by atoms with Crippen molar-refractivity contribution >= 4 is 0 Å². The van der Waals surface area contributed by atoms with Crippen LogP contribution in [-0.4, -0.2) is 24.3 Å². The van der Waals surface area contributed by atoms with E-state index < -0.39 is 0 Å². The standard InChI is InChI=1S/C9H19NO/c1-4-8(2)7-10-9(3)5-6-11/h9-11H,2,4-7H2,1,3H3. The predicted octanol–water partition coefficient (Wildman–Crippen LogP) is 1.31. The fourth-order valence-corrected chi connectivity index (χ4v) is 0.739. The van der Waals surface area contributed by atoms with Crippen LogP contribution in [0.15, 0.2) is 12.2 Å². The van der Waals surface area contributed by atoms with E-state index in [9.17, 15) is 0 Å². The third-order valence-corrected chi connectivity index (χ3v) is 1.76. The number of aliphatic hydroxyl groups is 1. The minimum Gasteiger partial charge on any atom is -0.396 e. The lowest BCUT2D eigenvalue weighted by Gasteiger charge is -2.12. The van der Waals surface area contributed by atoms with Gasteiger partial charge >= 0.3 is 0 Å². The zero-order valence-corrected chi connectivity index (χ0v) is 7.56. The fraction of sp³-hybridized carbons (Fsp3) is 0.778. The van der Waals surface area contributed by atoms with Gasteiger partial charge in [0.05, 0.1) is 0 Å². The number of aliphatic hydroxyl groups excluding tert-OH is 1. The maximum atomic E-state index is 8.60. The molecule has 11 heavy (non-hydrogen) atoms. The van der Waals surface area contributed by atoms with E-state index in [2.05, 4.69) is 25.7 Å². The van der Waals surface area contributed by atoms with Crippen LogP contribution in [0.2, 0.25) is 0 Å². The van der Waals surface area contributed by atoms with E-state index in [1.54, 1.807) is 0 Å². The van der Waals surface area contributed by atoms with Crippen molar-refractivity contribution in [3.63, 3.8) is 0 Å². The lowest BCUT2D eigenvalue weighted by Crippen LogP contribution is -2.28. The Kier molecular flexibility index (Phi) is 6.18. The average molecular weight is 157 g/mol. The molecule has 0 radical (unpaired) electrons. The van der Waals surface area contributed by atoms with Crippen molar-refractivity contribution in [3.8, 4) is 0 Å². The molecular formula is C9H19NO. The molecule has 2 N–H and O–H groups in total. The third kappa shape index (κ3) is 6.07. The largest absolute Gasteiger partial charge is 0.396 e. The van der Waals surface area contributed by atoms with Crippen molar-refractivity contribution < 1.29 is 5.11 Å². The number of nitrogens with one attached hydrogen (secondary N) is 1. The molecule has 0 spiro atoms. The maximum absolute atomic E-state index is 8.60. The summed E-state index contributed by atoms with van der Waals surface area (Å²) in [6, 6.07) is 0.392. The zero-order chi connectivity index (χ0) is 8.69. The van der Waals surface area contributed by atoms with Crippen LogP contribution in [0.25, 0.3) is 0 Å². The molecule has 2 heteroatoms. The van der Waals surface area contributed by atoms with Crippen LogP contribution in [0, 0.1) is 0 Å². The summed E-state index contributed by atoms with van der Waals surface area (Å²) < 4.78 is 0. The summed E-state index contributed by atoms with van der Waals surface area (Å²) in [5, 5.41) is 11.9. The molecule has 0 aromatic rings. The highest BCUT2D eigenvalue weighted by Gasteiger charge is 1.98. The molecule has 2 nitrogen and oxygen atoms in total. The molecule has 0 aliphatic carbocycles. The first kappa shape index (κ1) is 10.7. The average Bonchev–Trinajstić information content (AvgIpc) is 2.01. The van der Waals surface area contributed by atoms with Gasteiger partial charge in [-0.2, -0.15) is 0 Å². The van der Waals surface area contributed by atoms with Crippen LogP contribution < -0.4 is 5.32 Å². The second-order valence-electron chi connectivity index (χ2n) is 2.90. The lowest BCUT2D eigenvalue weighted by atomic mass is 10.2. The summed E-state index contributed by atoms with van der Waals surface area (Å²) in [6.45, 7) is 9.18. The molecule has 0 aromatic carbocycles. The highest BCUT2D eigenvalue weighted by Crippen LogP contribution is 1.95. The van der Waals surface area contributed by atoms with E-state index in [1.165, 1.54) is 5.57 Å². The number of hydrogen-bond donors (Lipinski definition) is 2. The van der Waals surface area contributed by atoms with Gasteiger partial charge in [-0.1, -0.05) is 19.1 Å². The second-order valence-corrected chi connectivity index (χ2v) is 2.90. The van der Waals surface area contributed by atoms with Crippen molar-refractivity contribution in [2.24, 2.45) is 0 Å². The molecule has 0 bridgehead atoms. The summed E-state index contributed by atoms with van der Waals surface area (Å²) in [7, 11) is 0. The minimum absolute atomic E-state index is 0.257. The predicted molar refractivity (Wildman–Crippen MR) is 48.6 cm³/mol. The Morgan fingerprint density at radius 1 is 1.64 bits per heavy atom. The van der Waals surface area contributed by atoms with Crippen molar-refractivity contribution in [3.05, 3.63) is 12.2 Å². The molecule has 0 aliphatic heterocycles. The van der Waals surface area contributed by atoms with Crippen LogP contribution in [-0.2, 0) is 0 Å². The number of hydrogen-bond acceptors (Lipinski definition) is 2. The first-order valence-corrected chi connectivity index (χ1v) is 4.21. The summed E-state index contributed by atoms with van der Waals surface area (Å²) in [6.07, 6.45) is 1.84. The van der Waals surface area contributed by atoms with Gasteiger partial charge in [0.1, 0.15) is 0 Å². The van der Waals surface area contributed by atoms with Gasteiger partial charge in [-0.15, -0.1) is 0 Å². The van der Waals surface area contributed by atoms with Crippen LogP contribution in [0.1, 0.15) is 26.7 Å². The van der Waals surface area contributed by atoms with Crippen molar-refractivity contribution in [2.75, 3.05) is 13.2 Å². The Morgan fingerprint density at radius 3 is 2.73 bits per heavy atom. The monoisotopic (exact) mass is 157 g/mol. The molecule has 0 saturated carbocycles. The highest BCUT2D eigenvalue weighted by molar-refractivity contribution is 4.95. The molecule has 0 fully saturated rings. The van der Waals surface area contributed by atoms with Crippen LogP contribution >= 0.6 is 0 Å². The zero-order valence-electron chi connectivity index (χ0n) is 7.56. The fourth-order valence-electron chi connectivity index (χ4n) is 0.739. The summed E-state index contributed by atoms with van der Waals surface area (Å²) in [4.78, 5) is 0. The lowest BCUT2D eigenvalue weighted by molar-refractivity contribution is 0.270. The van der Waals surface area contributed by atoms with Gasteiger partial charge in [0.15, 0.2) is 0 Å². The van der Waals surface area contributed by atoms with E-state index in [0.717, 1.165) is 19.4 Å². The van der Waals surface area contributed by atoms with Crippen LogP contribution in [0.4, 0.5) is 0 Å². The van der Waals surface area contributed by atoms with Gasteiger partial charge in [0, 0.05) is 19.2 Å². The molecule has 0 aromatic heterocycles. The Labute approximate surface area is 69.3 Å². The van der Waals surface area contributed by atoms with Gasteiger partial charge < -0.3 is 10.4 Å². The number of rotatable bonds is 6. The summed E-state index contributed by atoms with van der Waals surface area (Å²) >= 11 is 0. The molecule has 0 aliphatic rings. The smallest absolute Gasteiger partial charge is 0.0445 e. The van der Waals surface area contributed by atoms with Crippen molar-refractivity contribution in [1.29, 1.82) is 0 Å². The molecule has 1 atom stereocenters. The molecule has 0 heterocycles. The molecule has 0 rings (SSSR count). The van der Waals surface area contributed by atoms with Gasteiger partial charge in [-0.3, -0.25) is 0 Å². The van der Waals surface area contributed by atoms with Gasteiger partial charge in [-0.05, 0) is 19.8 Å². The molecule has 1 unspecified atom stereocenters. The first-order valence-electron chi connectivity index (χ1n) is 4.21. The van der Waals surface area contributed by atoms with Crippen molar-refractivity contribution in [1.82, 2.24) is 5.32 Å². The van der Waals surface area contributed by atoms with Crippen molar-refractivity contribution in [2.45, 2.75) is 32.7 Å². The second kappa shape index (κ2) is 6.38. The Morgan fingerprint density at radius 2 is 2.27 bits per heavy atom. The normalized spacial score (nSPS) is 13.0. The van der Waals surface area contributed by atoms with E-state index in [4.69, 9.17) is 5.11 Å². The summed E-state index contributed by atoms with van der Waals surface area (Å²) in [5.41, 5.74) is 1.22. The molecular weight excluding hydrogens is 138 g/mol. The quantitative estimate of drug-likeness (QED) is 0.570. The van der Waals surface area contributed by atoms with Crippen LogP contribution in [0.5, 0.6) is 0 Å². The highest BCUT2D eigenvalue weighted by atomic mass is 16.3. The van der Waals surface area contributed by atoms with Gasteiger partial charge in [-0.25, -0.2) is 0 Å². The molecule has 0 saturated heterocycles. The van der Waals surface area contributed by atoms with Crippen LogP contribution in [0.3, 0.4) is 0 Å². The Hall–Kier alpha value is -0.340. The van der Waals surface area contributed by atoms with E-state index in [0.29, 0.717) is 6.04 Å². The molecule has 0 amide bonds. The topological polar surface area (TPSA) is 32.3 Å². The van der Waals surface area contributed by atoms with E-state index >= 15 is 0 Å². The molecule has 66 valence electrons. The summed E-state index contributed by atoms with van der Waals surface area (Å²) in [5.74, 6) is 0. The van der Waals surface area contributed by atoms with E-state index in [1.807, 2.05) is 0 Å². The SMILES string of the molecule is C=C(CC)CNC(C)CCO.